The van der Waals surface area contributed by atoms with E-state index in [1.54, 1.807) is 6.92 Å². The molecule has 0 amide bonds. The van der Waals surface area contributed by atoms with Gasteiger partial charge in [-0.15, -0.1) is 0 Å². The van der Waals surface area contributed by atoms with Gasteiger partial charge in [-0.2, -0.15) is 0 Å². The summed E-state index contributed by atoms with van der Waals surface area (Å²) in [7, 11) is 0. The summed E-state index contributed by atoms with van der Waals surface area (Å²) in [5, 5.41) is 52.3. The minimum absolute atomic E-state index is 0.119. The van der Waals surface area contributed by atoms with Crippen LogP contribution in [0.3, 0.4) is 0 Å². The van der Waals surface area contributed by atoms with Gasteiger partial charge < -0.3 is 35.8 Å². The molecule has 7 N–H and O–H groups in total. The quantitative estimate of drug-likeness (QED) is 0.307. The molecule has 0 aliphatic rings. The fourth-order valence-corrected chi connectivity index (χ4v) is 2.62. The van der Waals surface area contributed by atoms with E-state index in [-0.39, 0.29) is 17.4 Å². The average Bonchev–Trinajstić information content (AvgIpc) is 3.05. The van der Waals surface area contributed by atoms with Crippen LogP contribution in [0.1, 0.15) is 24.1 Å². The average molecular weight is 362 g/mol. The molecule has 1 heterocycles. The predicted molar refractivity (Wildman–Crippen MR) is 88.6 cm³/mol. The molecule has 0 fully saturated rings. The van der Waals surface area contributed by atoms with Crippen molar-refractivity contribution in [1.29, 1.82) is 0 Å². The molecule has 1 atom stereocenters. The summed E-state index contributed by atoms with van der Waals surface area (Å²) >= 11 is 0. The van der Waals surface area contributed by atoms with E-state index < -0.39 is 40.1 Å². The summed E-state index contributed by atoms with van der Waals surface area (Å²) in [5.41, 5.74) is 5.62. The zero-order chi connectivity index (χ0) is 19.2. The van der Waals surface area contributed by atoms with Gasteiger partial charge in [-0.1, -0.05) is 24.2 Å². The summed E-state index contributed by atoms with van der Waals surface area (Å²) in [5.74, 6) is -6.30. The zero-order valence-corrected chi connectivity index (χ0v) is 13.4. The third-order valence-electron chi connectivity index (χ3n) is 4.12. The van der Waals surface area contributed by atoms with Crippen molar-refractivity contribution < 1.29 is 34.4 Å². The maximum atomic E-state index is 14.6. The van der Waals surface area contributed by atoms with Gasteiger partial charge in [0.25, 0.3) is 0 Å². The molecule has 0 radical (unpaired) electrons. The van der Waals surface area contributed by atoms with Gasteiger partial charge in [0.05, 0.1) is 11.3 Å². The Bertz CT molecular complexity index is 972. The smallest absolute Gasteiger partial charge is 0.222 e. The van der Waals surface area contributed by atoms with E-state index in [1.165, 1.54) is 18.2 Å². The van der Waals surface area contributed by atoms with Crippen molar-refractivity contribution in [1.82, 2.24) is 5.16 Å². The highest BCUT2D eigenvalue weighted by Gasteiger charge is 2.26. The van der Waals surface area contributed by atoms with Crippen LogP contribution in [0.25, 0.3) is 11.1 Å². The SMILES string of the molecule is CC(c1ccc(-c2c(O)c(O)c(O)c(O)c2O)c(F)c1)c1cc(N)on1. The van der Waals surface area contributed by atoms with Crippen molar-refractivity contribution in [3.8, 4) is 39.9 Å². The van der Waals surface area contributed by atoms with E-state index in [0.717, 1.165) is 6.07 Å². The molecular formula is C17H15FN2O6. The highest BCUT2D eigenvalue weighted by Crippen LogP contribution is 2.55. The number of phenols is 5. The molecule has 3 aromatic rings. The Hall–Kier alpha value is -3.62. The summed E-state index contributed by atoms with van der Waals surface area (Å²) < 4.78 is 19.4. The number of nitrogens with zero attached hydrogens (tertiary/aromatic N) is 1. The van der Waals surface area contributed by atoms with Crippen LogP contribution in [0.15, 0.2) is 28.8 Å². The maximum absolute atomic E-state index is 14.6. The van der Waals surface area contributed by atoms with Crippen molar-refractivity contribution >= 4 is 5.88 Å². The van der Waals surface area contributed by atoms with Crippen LogP contribution < -0.4 is 5.73 Å². The second-order valence-electron chi connectivity index (χ2n) is 5.73. The summed E-state index contributed by atoms with van der Waals surface area (Å²) in [6, 6.07) is 5.40. The number of nitrogens with two attached hydrogens (primary N) is 1. The summed E-state index contributed by atoms with van der Waals surface area (Å²) in [4.78, 5) is 0. The van der Waals surface area contributed by atoms with E-state index in [4.69, 9.17) is 10.3 Å². The van der Waals surface area contributed by atoms with Gasteiger partial charge in [-0.3, -0.25) is 0 Å². The number of nitrogen functional groups attached to an aromatic ring is 1. The minimum atomic E-state index is -1.11. The molecule has 3 rings (SSSR count). The highest BCUT2D eigenvalue weighted by atomic mass is 19.1. The topological polar surface area (TPSA) is 153 Å². The number of hydrogen-bond acceptors (Lipinski definition) is 8. The van der Waals surface area contributed by atoms with Crippen molar-refractivity contribution in [2.75, 3.05) is 5.73 Å². The third-order valence-corrected chi connectivity index (χ3v) is 4.12. The first-order valence-electron chi connectivity index (χ1n) is 7.43. The predicted octanol–water partition coefficient (Wildman–Crippen LogP) is 2.74. The standard InChI is InChI=1S/C17H15FN2O6/c1-6(10-5-11(19)26-20-10)7-2-3-8(9(18)4-7)12-13(21)15(23)17(25)16(24)14(12)22/h2-6,21-25H,19H2,1H3. The number of aromatic hydroxyl groups is 5. The number of hydrogen-bond donors (Lipinski definition) is 6. The lowest BCUT2D eigenvalue weighted by Crippen LogP contribution is -1.98. The molecule has 2 aromatic carbocycles. The first-order chi connectivity index (χ1) is 12.2. The number of phenolic OH excluding ortho intramolecular Hbond substituents is 5. The monoisotopic (exact) mass is 362 g/mol. The molecule has 0 saturated heterocycles. The lowest BCUT2D eigenvalue weighted by atomic mass is 9.94. The lowest BCUT2D eigenvalue weighted by Gasteiger charge is -2.15. The molecule has 0 aliphatic carbocycles. The number of benzene rings is 2. The molecule has 1 unspecified atom stereocenters. The Kier molecular flexibility index (Phi) is 3.99. The van der Waals surface area contributed by atoms with Crippen LogP contribution in [-0.4, -0.2) is 30.7 Å². The largest absolute Gasteiger partial charge is 0.504 e. The van der Waals surface area contributed by atoms with Crippen molar-refractivity contribution in [2.24, 2.45) is 0 Å². The Morgan fingerprint density at radius 3 is 2.04 bits per heavy atom. The van der Waals surface area contributed by atoms with Crippen LogP contribution >= 0.6 is 0 Å². The van der Waals surface area contributed by atoms with Crippen molar-refractivity contribution in [3.05, 3.63) is 41.3 Å². The molecule has 1 aromatic heterocycles. The van der Waals surface area contributed by atoms with Gasteiger partial charge in [-0.25, -0.2) is 4.39 Å². The minimum Gasteiger partial charge on any atom is -0.504 e. The third kappa shape index (κ3) is 2.59. The summed E-state index contributed by atoms with van der Waals surface area (Å²) in [6.45, 7) is 1.75. The van der Waals surface area contributed by atoms with E-state index >= 15 is 0 Å². The van der Waals surface area contributed by atoms with Gasteiger partial charge in [0.2, 0.25) is 23.1 Å². The molecule has 9 heteroatoms. The number of anilines is 1. The second-order valence-corrected chi connectivity index (χ2v) is 5.73. The van der Waals surface area contributed by atoms with Gasteiger partial charge in [0.15, 0.2) is 11.5 Å². The van der Waals surface area contributed by atoms with Crippen molar-refractivity contribution in [3.63, 3.8) is 0 Å². The van der Waals surface area contributed by atoms with Crippen LogP contribution in [0.4, 0.5) is 10.3 Å². The van der Waals surface area contributed by atoms with E-state index in [0.29, 0.717) is 11.3 Å². The van der Waals surface area contributed by atoms with Crippen molar-refractivity contribution in [2.45, 2.75) is 12.8 Å². The number of rotatable bonds is 3. The number of aromatic nitrogens is 1. The normalized spacial score (nSPS) is 12.2. The van der Waals surface area contributed by atoms with Gasteiger partial charge >= 0.3 is 0 Å². The lowest BCUT2D eigenvalue weighted by molar-refractivity contribution is 0.330. The van der Waals surface area contributed by atoms with E-state index in [9.17, 15) is 29.9 Å². The van der Waals surface area contributed by atoms with Gasteiger partial charge in [0.1, 0.15) is 5.82 Å². The van der Waals surface area contributed by atoms with E-state index in [2.05, 4.69) is 5.16 Å². The second kappa shape index (κ2) is 6.03. The molecule has 0 aliphatic heterocycles. The fourth-order valence-electron chi connectivity index (χ4n) is 2.62. The number of halogens is 1. The highest BCUT2D eigenvalue weighted by molar-refractivity contribution is 5.85. The Labute approximate surface area is 146 Å². The Morgan fingerprint density at radius 1 is 0.962 bits per heavy atom. The molecule has 8 nitrogen and oxygen atoms in total. The van der Waals surface area contributed by atoms with Crippen LogP contribution in [-0.2, 0) is 0 Å². The molecule has 0 spiro atoms. The van der Waals surface area contributed by atoms with E-state index in [1.807, 2.05) is 0 Å². The molecule has 0 bridgehead atoms. The first-order valence-corrected chi connectivity index (χ1v) is 7.43. The van der Waals surface area contributed by atoms with Crippen LogP contribution in [0.2, 0.25) is 0 Å². The van der Waals surface area contributed by atoms with Gasteiger partial charge in [-0.05, 0) is 11.6 Å². The summed E-state index contributed by atoms with van der Waals surface area (Å²) in [6.07, 6.45) is 0. The van der Waals surface area contributed by atoms with Gasteiger partial charge in [0, 0.05) is 17.5 Å². The molecule has 26 heavy (non-hydrogen) atoms. The zero-order valence-electron chi connectivity index (χ0n) is 13.4. The van der Waals surface area contributed by atoms with Crippen LogP contribution in [0.5, 0.6) is 28.7 Å². The molecule has 0 saturated carbocycles. The Balaban J connectivity index is 2.10. The Morgan fingerprint density at radius 2 is 1.54 bits per heavy atom. The first kappa shape index (κ1) is 17.2. The van der Waals surface area contributed by atoms with Crippen LogP contribution in [0, 0.1) is 5.82 Å². The fraction of sp³-hybridized carbons (Fsp3) is 0.118. The molecule has 136 valence electrons. The maximum Gasteiger partial charge on any atom is 0.222 e. The molecular weight excluding hydrogens is 347 g/mol.